The first kappa shape index (κ1) is 26.5. The molecule has 5 rings (SSSR count). The number of alkyl halides is 2. The van der Waals surface area contributed by atoms with E-state index in [2.05, 4.69) is 41.5 Å². The highest BCUT2D eigenvalue weighted by Gasteiger charge is 2.41. The van der Waals surface area contributed by atoms with Crippen LogP contribution in [0.1, 0.15) is 40.2 Å². The average molecular weight is 609 g/mol. The van der Waals surface area contributed by atoms with Gasteiger partial charge < -0.3 is 20.3 Å². The number of thiophene rings is 1. The van der Waals surface area contributed by atoms with Crippen LogP contribution in [0.2, 0.25) is 0 Å². The molecule has 4 heterocycles. The Kier molecular flexibility index (Phi) is 7.66. The van der Waals surface area contributed by atoms with Crippen LogP contribution in [0.3, 0.4) is 0 Å². The maximum Gasteiger partial charge on any atom is 0.262 e. The Morgan fingerprint density at radius 1 is 1.34 bits per heavy atom. The van der Waals surface area contributed by atoms with Gasteiger partial charge in [-0.1, -0.05) is 0 Å². The molecule has 202 valence electrons. The summed E-state index contributed by atoms with van der Waals surface area (Å²) in [5.74, 6) is -3.40. The number of nitrogens with zero attached hydrogens (tertiary/aromatic N) is 4. The van der Waals surface area contributed by atoms with E-state index in [-0.39, 0.29) is 25.2 Å². The summed E-state index contributed by atoms with van der Waals surface area (Å²) in [7, 11) is 1.72. The number of fused-ring (bicyclic) bond motifs is 1. The second-order valence-corrected chi connectivity index (χ2v) is 11.7. The largest absolute Gasteiger partial charge is 0.474 e. The third kappa shape index (κ3) is 6.32. The zero-order valence-electron chi connectivity index (χ0n) is 20.6. The molecular formula is C25H27BrF2N6O3S. The monoisotopic (exact) mass is 608 g/mol. The molecule has 2 N–H and O–H groups in total. The number of carbonyl (C=O) groups is 2. The molecule has 0 radical (unpaired) electrons. The van der Waals surface area contributed by atoms with E-state index in [9.17, 15) is 18.4 Å². The zero-order valence-corrected chi connectivity index (χ0v) is 23.0. The molecule has 38 heavy (non-hydrogen) atoms. The molecular weight excluding hydrogens is 582 g/mol. The van der Waals surface area contributed by atoms with Gasteiger partial charge in [-0.15, -0.1) is 11.3 Å². The van der Waals surface area contributed by atoms with E-state index < -0.39 is 23.8 Å². The molecule has 2 amide bonds. The van der Waals surface area contributed by atoms with E-state index in [1.807, 2.05) is 12.1 Å². The number of pyridine rings is 1. The normalized spacial score (nSPS) is 18.9. The summed E-state index contributed by atoms with van der Waals surface area (Å²) in [5, 5.41) is 9.56. The quantitative estimate of drug-likeness (QED) is 0.387. The van der Waals surface area contributed by atoms with Gasteiger partial charge in [-0.25, -0.2) is 13.8 Å². The molecule has 0 bridgehead atoms. The molecule has 2 atom stereocenters. The van der Waals surface area contributed by atoms with Crippen molar-refractivity contribution in [1.29, 1.82) is 0 Å². The van der Waals surface area contributed by atoms with Gasteiger partial charge in [0, 0.05) is 41.6 Å². The smallest absolute Gasteiger partial charge is 0.262 e. The van der Waals surface area contributed by atoms with Gasteiger partial charge in [0.05, 0.1) is 29.9 Å². The van der Waals surface area contributed by atoms with Crippen LogP contribution in [0.25, 0.3) is 0 Å². The minimum absolute atomic E-state index is 0.137. The lowest BCUT2D eigenvalue weighted by molar-refractivity contribution is -0.118. The molecule has 3 aromatic heterocycles. The Labute approximate surface area is 230 Å². The number of nitrogens with one attached hydrogen (secondary N) is 2. The fraction of sp³-hybridized carbons (Fsp3) is 0.440. The van der Waals surface area contributed by atoms with Crippen LogP contribution in [0, 0.1) is 5.92 Å². The predicted molar refractivity (Wildman–Crippen MR) is 143 cm³/mol. The van der Waals surface area contributed by atoms with E-state index in [0.717, 1.165) is 15.0 Å². The van der Waals surface area contributed by atoms with Crippen LogP contribution in [0.15, 0.2) is 41.3 Å². The van der Waals surface area contributed by atoms with Crippen molar-refractivity contribution in [1.82, 2.24) is 20.1 Å². The summed E-state index contributed by atoms with van der Waals surface area (Å²) >= 11 is 4.77. The Balaban J connectivity index is 1.27. The average Bonchev–Trinajstić information content (AvgIpc) is 3.59. The third-order valence-electron chi connectivity index (χ3n) is 6.64. The molecule has 1 aliphatic carbocycles. The Morgan fingerprint density at radius 3 is 2.92 bits per heavy atom. The van der Waals surface area contributed by atoms with Crippen molar-refractivity contribution < 1.29 is 23.1 Å². The van der Waals surface area contributed by atoms with Crippen molar-refractivity contribution in [3.8, 4) is 5.88 Å². The van der Waals surface area contributed by atoms with E-state index in [1.54, 1.807) is 25.5 Å². The molecule has 0 aromatic carbocycles. The topological polar surface area (TPSA) is 101 Å². The van der Waals surface area contributed by atoms with Crippen LogP contribution in [0.5, 0.6) is 5.88 Å². The number of anilines is 2. The SMILES string of the molecule is Cn1cc(NC(=O)[C@H](C[C@@H]2CCC(F)(F)C2)NC(=O)c2ccc(CN3CCOc4ncc(Br)cc43)s2)cn1. The lowest BCUT2D eigenvalue weighted by Gasteiger charge is -2.30. The second-order valence-electron chi connectivity index (χ2n) is 9.63. The number of rotatable bonds is 8. The van der Waals surface area contributed by atoms with Gasteiger partial charge in [0.25, 0.3) is 5.91 Å². The summed E-state index contributed by atoms with van der Waals surface area (Å²) in [5.41, 5.74) is 1.34. The van der Waals surface area contributed by atoms with Gasteiger partial charge in [-0.2, -0.15) is 5.10 Å². The Bertz CT molecular complexity index is 1330. The number of hydrogen-bond acceptors (Lipinski definition) is 7. The number of ether oxygens (including phenoxy) is 1. The summed E-state index contributed by atoms with van der Waals surface area (Å²) in [6.07, 6.45) is 4.77. The number of halogens is 3. The van der Waals surface area contributed by atoms with Crippen molar-refractivity contribution in [2.45, 2.75) is 44.2 Å². The van der Waals surface area contributed by atoms with Crippen LogP contribution in [-0.4, -0.2) is 51.7 Å². The fourth-order valence-corrected chi connectivity index (χ4v) is 6.06. The van der Waals surface area contributed by atoms with E-state index in [4.69, 9.17) is 4.74 Å². The predicted octanol–water partition coefficient (Wildman–Crippen LogP) is 4.60. The number of amides is 2. The van der Waals surface area contributed by atoms with Crippen molar-refractivity contribution in [2.75, 3.05) is 23.4 Å². The highest BCUT2D eigenvalue weighted by molar-refractivity contribution is 9.10. The summed E-state index contributed by atoms with van der Waals surface area (Å²) in [6.45, 7) is 1.75. The van der Waals surface area contributed by atoms with Crippen molar-refractivity contribution in [3.63, 3.8) is 0 Å². The van der Waals surface area contributed by atoms with Crippen LogP contribution in [-0.2, 0) is 18.4 Å². The molecule has 0 saturated heterocycles. The van der Waals surface area contributed by atoms with Crippen LogP contribution < -0.4 is 20.3 Å². The molecule has 0 unspecified atom stereocenters. The maximum absolute atomic E-state index is 13.8. The molecule has 1 saturated carbocycles. The molecule has 1 aliphatic heterocycles. The number of aromatic nitrogens is 3. The molecule has 1 fully saturated rings. The Hall–Kier alpha value is -3.06. The summed E-state index contributed by atoms with van der Waals surface area (Å²) < 4.78 is 35.7. The first-order valence-electron chi connectivity index (χ1n) is 12.3. The van der Waals surface area contributed by atoms with Crippen LogP contribution >= 0.6 is 27.3 Å². The first-order valence-corrected chi connectivity index (χ1v) is 13.9. The minimum atomic E-state index is -2.73. The van der Waals surface area contributed by atoms with Gasteiger partial charge in [0.15, 0.2) is 0 Å². The van der Waals surface area contributed by atoms with Gasteiger partial charge in [0.1, 0.15) is 18.3 Å². The van der Waals surface area contributed by atoms with E-state index in [0.29, 0.717) is 42.6 Å². The zero-order chi connectivity index (χ0) is 26.9. The van der Waals surface area contributed by atoms with E-state index >= 15 is 0 Å². The lowest BCUT2D eigenvalue weighted by atomic mass is 9.97. The second kappa shape index (κ2) is 11.0. The third-order valence-corrected chi connectivity index (χ3v) is 8.14. The maximum atomic E-state index is 13.8. The van der Waals surface area contributed by atoms with Gasteiger partial charge in [-0.05, 0) is 52.9 Å². The highest BCUT2D eigenvalue weighted by atomic mass is 79.9. The number of carbonyl (C=O) groups excluding carboxylic acids is 2. The standard InChI is InChI=1S/C25H27BrF2N6O3S/c1-33-13-17(12-30-33)31-22(35)19(8-15-4-5-25(27,28)10-15)32-23(36)21-3-2-18(38-21)14-34-6-7-37-24-20(34)9-16(26)11-29-24/h2-3,9,11-13,15,19H,4-8,10,14H2,1H3,(H,31,35)(H,32,36)/t15-,19-/m0/s1. The molecule has 3 aromatic rings. The highest BCUT2D eigenvalue weighted by Crippen LogP contribution is 2.41. The fourth-order valence-electron chi connectivity index (χ4n) is 4.82. The molecule has 9 nitrogen and oxygen atoms in total. The van der Waals surface area contributed by atoms with Crippen molar-refractivity contribution in [3.05, 3.63) is 51.0 Å². The van der Waals surface area contributed by atoms with Crippen molar-refractivity contribution in [2.24, 2.45) is 13.0 Å². The van der Waals surface area contributed by atoms with Gasteiger partial charge in [0.2, 0.25) is 17.7 Å². The molecule has 0 spiro atoms. The minimum Gasteiger partial charge on any atom is -0.474 e. The lowest BCUT2D eigenvalue weighted by Crippen LogP contribution is -2.44. The van der Waals surface area contributed by atoms with Gasteiger partial charge >= 0.3 is 0 Å². The van der Waals surface area contributed by atoms with Crippen molar-refractivity contribution >= 4 is 50.5 Å². The van der Waals surface area contributed by atoms with Gasteiger partial charge in [-0.3, -0.25) is 14.3 Å². The summed E-state index contributed by atoms with van der Waals surface area (Å²) in [4.78, 5) is 34.1. The van der Waals surface area contributed by atoms with Crippen LogP contribution in [0.4, 0.5) is 20.2 Å². The number of aryl methyl sites for hydroxylation is 1. The molecule has 13 heteroatoms. The Morgan fingerprint density at radius 2 is 2.18 bits per heavy atom. The molecule has 2 aliphatic rings. The first-order chi connectivity index (χ1) is 18.1. The van der Waals surface area contributed by atoms with E-state index in [1.165, 1.54) is 22.2 Å². The summed E-state index contributed by atoms with van der Waals surface area (Å²) in [6, 6.07) is 4.58. The number of hydrogen-bond donors (Lipinski definition) is 2.